The van der Waals surface area contributed by atoms with Gasteiger partial charge in [-0.3, -0.25) is 0 Å². The Morgan fingerprint density at radius 3 is 2.15 bits per heavy atom. The van der Waals surface area contributed by atoms with E-state index in [4.69, 9.17) is 9.05 Å². The number of benzene rings is 3. The summed E-state index contributed by atoms with van der Waals surface area (Å²) in [5, 5.41) is 0.561. The maximum Gasteiger partial charge on any atom is 0.463 e. The molecule has 0 amide bonds. The Morgan fingerprint density at radius 1 is 0.846 bits per heavy atom. The number of rotatable bonds is 2. The fraction of sp³-hybridized carbons (Fsp3) is 0.100. The average Bonchev–Trinajstić information content (AvgIpc) is 2.54. The lowest BCUT2D eigenvalue weighted by Gasteiger charge is -2.28. The molecule has 0 fully saturated rings. The molecule has 3 aromatic rings. The Hall–Kier alpha value is -1.55. The molecule has 1 heterocycles. The van der Waals surface area contributed by atoms with Crippen LogP contribution < -0.4 is 14.4 Å². The Morgan fingerprint density at radius 2 is 1.46 bits per heavy atom. The van der Waals surface area contributed by atoms with Crippen molar-refractivity contribution in [3.63, 3.8) is 0 Å². The van der Waals surface area contributed by atoms with Crippen molar-refractivity contribution in [1.82, 2.24) is 0 Å². The summed E-state index contributed by atoms with van der Waals surface area (Å²) >= 11 is 6.99. The molecule has 0 saturated carbocycles. The standard InChI is InChI=1S/C20H15Br2O3P/c1-12-7-13(2)9-16(8-12)24-26(23)20-6-4-15(22)11-18(20)17-10-14(21)3-5-19(17)25-26/h3-11H,1-2H3. The first-order chi connectivity index (χ1) is 12.3. The lowest BCUT2D eigenvalue weighted by Crippen LogP contribution is -2.21. The number of hydrogen-bond acceptors (Lipinski definition) is 3. The van der Waals surface area contributed by atoms with Gasteiger partial charge in [0.05, 0.1) is 5.30 Å². The zero-order chi connectivity index (χ0) is 18.5. The van der Waals surface area contributed by atoms with E-state index in [0.29, 0.717) is 16.8 Å². The molecule has 1 unspecified atom stereocenters. The molecule has 0 N–H and O–H groups in total. The van der Waals surface area contributed by atoms with Crippen molar-refractivity contribution in [2.24, 2.45) is 0 Å². The fourth-order valence-corrected chi connectivity index (χ4v) is 5.62. The number of halogens is 2. The Kier molecular flexibility index (Phi) is 4.50. The first kappa shape index (κ1) is 17.8. The third kappa shape index (κ3) is 3.24. The van der Waals surface area contributed by atoms with Gasteiger partial charge in [0.2, 0.25) is 0 Å². The Bertz CT molecular complexity index is 1060. The molecular weight excluding hydrogens is 479 g/mol. The molecule has 1 aliphatic heterocycles. The molecule has 132 valence electrons. The Balaban J connectivity index is 1.88. The van der Waals surface area contributed by atoms with Gasteiger partial charge in [-0.1, -0.05) is 37.9 Å². The number of fused-ring (bicyclic) bond motifs is 3. The summed E-state index contributed by atoms with van der Waals surface area (Å²) in [7, 11) is -3.57. The highest BCUT2D eigenvalue weighted by molar-refractivity contribution is 9.10. The van der Waals surface area contributed by atoms with Gasteiger partial charge in [-0.2, -0.15) is 0 Å². The van der Waals surface area contributed by atoms with Crippen molar-refractivity contribution >= 4 is 44.8 Å². The maximum absolute atomic E-state index is 13.7. The van der Waals surface area contributed by atoms with E-state index in [9.17, 15) is 4.57 Å². The van der Waals surface area contributed by atoms with Crippen molar-refractivity contribution in [1.29, 1.82) is 0 Å². The predicted molar refractivity (Wildman–Crippen MR) is 112 cm³/mol. The summed E-state index contributed by atoms with van der Waals surface area (Å²) in [4.78, 5) is 0. The van der Waals surface area contributed by atoms with Crippen molar-refractivity contribution in [3.8, 4) is 22.6 Å². The highest BCUT2D eigenvalue weighted by atomic mass is 79.9. The lowest BCUT2D eigenvalue weighted by atomic mass is 10.0. The van der Waals surface area contributed by atoms with Crippen molar-refractivity contribution < 1.29 is 13.6 Å². The van der Waals surface area contributed by atoms with Crippen LogP contribution in [0.5, 0.6) is 11.5 Å². The van der Waals surface area contributed by atoms with E-state index in [1.807, 2.05) is 56.3 Å². The van der Waals surface area contributed by atoms with Crippen LogP contribution in [0.4, 0.5) is 0 Å². The van der Waals surface area contributed by atoms with Crippen LogP contribution in [0.3, 0.4) is 0 Å². The molecule has 26 heavy (non-hydrogen) atoms. The largest absolute Gasteiger partial charge is 0.463 e. The summed E-state index contributed by atoms with van der Waals surface area (Å²) in [6.45, 7) is 3.96. The molecule has 0 aliphatic carbocycles. The first-order valence-corrected chi connectivity index (χ1v) is 11.1. The summed E-state index contributed by atoms with van der Waals surface area (Å²) in [5.41, 5.74) is 3.81. The SMILES string of the molecule is Cc1cc(C)cc(OP2(=O)Oc3ccc(Br)cc3-c3cc(Br)ccc32)c1. The van der Waals surface area contributed by atoms with Gasteiger partial charge < -0.3 is 9.05 Å². The molecule has 1 aliphatic rings. The van der Waals surface area contributed by atoms with Gasteiger partial charge in [-0.15, -0.1) is 0 Å². The highest BCUT2D eigenvalue weighted by Crippen LogP contribution is 2.56. The zero-order valence-corrected chi connectivity index (χ0v) is 18.2. The van der Waals surface area contributed by atoms with Gasteiger partial charge in [0.25, 0.3) is 0 Å². The molecule has 1 atom stereocenters. The quantitative estimate of drug-likeness (QED) is 0.369. The Labute approximate surface area is 169 Å². The average molecular weight is 494 g/mol. The van der Waals surface area contributed by atoms with Crippen molar-refractivity contribution in [2.45, 2.75) is 13.8 Å². The van der Waals surface area contributed by atoms with Crippen LogP contribution in [0.25, 0.3) is 11.1 Å². The van der Waals surface area contributed by atoms with Crippen LogP contribution in [0, 0.1) is 13.8 Å². The van der Waals surface area contributed by atoms with E-state index >= 15 is 0 Å². The van der Waals surface area contributed by atoms with E-state index < -0.39 is 7.60 Å². The molecule has 3 nitrogen and oxygen atoms in total. The lowest BCUT2D eigenvalue weighted by molar-refractivity contribution is 0.398. The first-order valence-electron chi connectivity index (χ1n) is 8.02. The molecule has 4 rings (SSSR count). The molecule has 0 bridgehead atoms. The summed E-state index contributed by atoms with van der Waals surface area (Å²) in [6, 6.07) is 17.0. The predicted octanol–water partition coefficient (Wildman–Crippen LogP) is 6.79. The third-order valence-corrected chi connectivity index (χ3v) is 6.98. The summed E-state index contributed by atoms with van der Waals surface area (Å²) < 4.78 is 27.5. The number of aryl methyl sites for hydroxylation is 2. The molecule has 0 radical (unpaired) electrons. The smallest absolute Gasteiger partial charge is 0.413 e. The molecule has 6 heteroatoms. The van der Waals surface area contributed by atoms with E-state index in [0.717, 1.165) is 31.2 Å². The van der Waals surface area contributed by atoms with Crippen molar-refractivity contribution in [2.75, 3.05) is 0 Å². The minimum atomic E-state index is -3.57. The second-order valence-electron chi connectivity index (χ2n) is 6.31. The van der Waals surface area contributed by atoms with Gasteiger partial charge in [0.1, 0.15) is 11.5 Å². The molecule has 0 aromatic heterocycles. The maximum atomic E-state index is 13.7. The van der Waals surface area contributed by atoms with E-state index in [1.165, 1.54) is 0 Å². The summed E-state index contributed by atoms with van der Waals surface area (Å²) in [5.74, 6) is 1.09. The minimum Gasteiger partial charge on any atom is -0.413 e. The van der Waals surface area contributed by atoms with Gasteiger partial charge in [-0.25, -0.2) is 4.57 Å². The second-order valence-corrected chi connectivity index (χ2v) is 9.98. The fourth-order valence-electron chi connectivity index (χ4n) is 3.13. The molecule has 0 spiro atoms. The topological polar surface area (TPSA) is 35.5 Å². The van der Waals surface area contributed by atoms with Crippen LogP contribution in [0.15, 0.2) is 63.5 Å². The number of hydrogen-bond donors (Lipinski definition) is 0. The third-order valence-electron chi connectivity index (χ3n) is 4.12. The molecular formula is C20H15Br2O3P. The minimum absolute atomic E-state index is 0.542. The van der Waals surface area contributed by atoms with Gasteiger partial charge in [0.15, 0.2) is 0 Å². The van der Waals surface area contributed by atoms with E-state index in [1.54, 1.807) is 12.1 Å². The van der Waals surface area contributed by atoms with E-state index in [-0.39, 0.29) is 0 Å². The molecule has 3 aromatic carbocycles. The van der Waals surface area contributed by atoms with Crippen LogP contribution in [0.1, 0.15) is 11.1 Å². The van der Waals surface area contributed by atoms with Crippen LogP contribution in [-0.4, -0.2) is 0 Å². The monoisotopic (exact) mass is 492 g/mol. The van der Waals surface area contributed by atoms with Gasteiger partial charge in [-0.05, 0) is 73.5 Å². The summed E-state index contributed by atoms with van der Waals surface area (Å²) in [6.07, 6.45) is 0. The van der Waals surface area contributed by atoms with Crippen LogP contribution in [0.2, 0.25) is 0 Å². The second kappa shape index (κ2) is 6.56. The van der Waals surface area contributed by atoms with Crippen LogP contribution in [-0.2, 0) is 4.57 Å². The zero-order valence-electron chi connectivity index (χ0n) is 14.1. The van der Waals surface area contributed by atoms with E-state index in [2.05, 4.69) is 31.9 Å². The molecule has 0 saturated heterocycles. The highest BCUT2D eigenvalue weighted by Gasteiger charge is 2.39. The normalized spacial score (nSPS) is 17.8. The van der Waals surface area contributed by atoms with Crippen molar-refractivity contribution in [3.05, 3.63) is 74.7 Å². The van der Waals surface area contributed by atoms with Crippen LogP contribution >= 0.6 is 39.5 Å². The van der Waals surface area contributed by atoms with Gasteiger partial charge in [0, 0.05) is 20.1 Å². The van der Waals surface area contributed by atoms with Gasteiger partial charge >= 0.3 is 7.60 Å².